The summed E-state index contributed by atoms with van der Waals surface area (Å²) >= 11 is 0. The van der Waals surface area contributed by atoms with Crippen molar-refractivity contribution in [2.75, 3.05) is 26.8 Å². The van der Waals surface area contributed by atoms with Crippen LogP contribution < -0.4 is 5.32 Å². The zero-order valence-electron chi connectivity index (χ0n) is 10.4. The molecule has 3 heteroatoms. The van der Waals surface area contributed by atoms with Crippen molar-refractivity contribution >= 4 is 0 Å². The Morgan fingerprint density at radius 2 is 2.00 bits per heavy atom. The second kappa shape index (κ2) is 4.07. The van der Waals surface area contributed by atoms with Crippen molar-refractivity contribution in [1.82, 2.24) is 10.3 Å². The standard InChI is InChI=1S/C14H20N2O/c1-15-9-13(5-2-6-13)14(10-17-11-14)12-3-7-16-8-4-12/h3-4,7-8,15H,2,5-6,9-11H2,1H3. The molecule has 0 unspecified atom stereocenters. The molecule has 0 atom stereocenters. The Balaban J connectivity index is 1.96. The maximum absolute atomic E-state index is 5.57. The monoisotopic (exact) mass is 232 g/mol. The Bertz CT molecular complexity index is 382. The van der Waals surface area contributed by atoms with Gasteiger partial charge in [0.25, 0.3) is 0 Å². The van der Waals surface area contributed by atoms with Crippen LogP contribution in [0.4, 0.5) is 0 Å². The quantitative estimate of drug-likeness (QED) is 0.858. The average molecular weight is 232 g/mol. The van der Waals surface area contributed by atoms with E-state index in [1.165, 1.54) is 24.8 Å². The molecule has 0 radical (unpaired) electrons. The van der Waals surface area contributed by atoms with Gasteiger partial charge in [0, 0.05) is 24.4 Å². The molecular formula is C14H20N2O. The highest BCUT2D eigenvalue weighted by molar-refractivity contribution is 5.32. The Labute approximate surface area is 103 Å². The van der Waals surface area contributed by atoms with E-state index in [2.05, 4.69) is 29.5 Å². The third-order valence-corrected chi connectivity index (χ3v) is 4.77. The third kappa shape index (κ3) is 1.45. The van der Waals surface area contributed by atoms with E-state index in [-0.39, 0.29) is 5.41 Å². The molecule has 3 nitrogen and oxygen atoms in total. The van der Waals surface area contributed by atoms with Crippen molar-refractivity contribution in [2.24, 2.45) is 5.41 Å². The van der Waals surface area contributed by atoms with E-state index in [1.54, 1.807) is 0 Å². The summed E-state index contributed by atoms with van der Waals surface area (Å²) in [5.41, 5.74) is 2.05. The molecule has 0 aromatic carbocycles. The summed E-state index contributed by atoms with van der Waals surface area (Å²) in [7, 11) is 2.06. The molecule has 1 aliphatic heterocycles. The number of hydrogen-bond donors (Lipinski definition) is 1. The van der Waals surface area contributed by atoms with Crippen LogP contribution in [0.1, 0.15) is 24.8 Å². The highest BCUT2D eigenvalue weighted by Crippen LogP contribution is 2.57. The van der Waals surface area contributed by atoms with E-state index < -0.39 is 0 Å². The van der Waals surface area contributed by atoms with Crippen LogP contribution in [0.15, 0.2) is 24.5 Å². The largest absolute Gasteiger partial charge is 0.379 e. The number of pyridine rings is 1. The summed E-state index contributed by atoms with van der Waals surface area (Å²) < 4.78 is 5.57. The fraction of sp³-hybridized carbons (Fsp3) is 0.643. The van der Waals surface area contributed by atoms with Crippen molar-refractivity contribution in [3.05, 3.63) is 30.1 Å². The van der Waals surface area contributed by atoms with Gasteiger partial charge in [-0.2, -0.15) is 0 Å². The summed E-state index contributed by atoms with van der Waals surface area (Å²) in [6.07, 6.45) is 7.80. The van der Waals surface area contributed by atoms with E-state index in [0.29, 0.717) is 5.41 Å². The van der Waals surface area contributed by atoms with Crippen molar-refractivity contribution in [3.8, 4) is 0 Å². The van der Waals surface area contributed by atoms with Gasteiger partial charge in [0.1, 0.15) is 0 Å². The van der Waals surface area contributed by atoms with Crippen LogP contribution in [-0.2, 0) is 10.2 Å². The summed E-state index contributed by atoms with van der Waals surface area (Å²) in [6, 6.07) is 4.33. The SMILES string of the molecule is CNCC1(C2(c3ccncc3)COC2)CCC1. The lowest BCUT2D eigenvalue weighted by Gasteiger charge is -2.60. The van der Waals surface area contributed by atoms with E-state index >= 15 is 0 Å². The minimum atomic E-state index is 0.233. The lowest BCUT2D eigenvalue weighted by Crippen LogP contribution is -2.64. The number of rotatable bonds is 4. The predicted molar refractivity (Wildman–Crippen MR) is 66.9 cm³/mol. The molecule has 17 heavy (non-hydrogen) atoms. The first-order chi connectivity index (χ1) is 8.33. The van der Waals surface area contributed by atoms with Gasteiger partial charge in [-0.25, -0.2) is 0 Å². The number of aromatic nitrogens is 1. The normalized spacial score (nSPS) is 24.8. The van der Waals surface area contributed by atoms with Gasteiger partial charge in [0.2, 0.25) is 0 Å². The Morgan fingerprint density at radius 1 is 1.29 bits per heavy atom. The second-order valence-corrected chi connectivity index (χ2v) is 5.48. The fourth-order valence-electron chi connectivity index (χ4n) is 3.52. The lowest BCUT2D eigenvalue weighted by molar-refractivity contribution is -0.156. The molecule has 1 aliphatic carbocycles. The molecule has 0 spiro atoms. The zero-order valence-corrected chi connectivity index (χ0v) is 10.4. The van der Waals surface area contributed by atoms with E-state index in [0.717, 1.165) is 19.8 Å². The maximum atomic E-state index is 5.57. The van der Waals surface area contributed by atoms with Gasteiger partial charge in [-0.3, -0.25) is 4.98 Å². The zero-order chi connectivity index (χ0) is 11.8. The number of nitrogens with zero attached hydrogens (tertiary/aromatic N) is 1. The van der Waals surface area contributed by atoms with Crippen molar-refractivity contribution < 1.29 is 4.74 Å². The van der Waals surface area contributed by atoms with Gasteiger partial charge in [-0.1, -0.05) is 6.42 Å². The van der Waals surface area contributed by atoms with Gasteiger partial charge in [-0.15, -0.1) is 0 Å². The molecule has 1 aromatic rings. The molecule has 3 rings (SSSR count). The van der Waals surface area contributed by atoms with Gasteiger partial charge in [0.15, 0.2) is 0 Å². The summed E-state index contributed by atoms with van der Waals surface area (Å²) in [6.45, 7) is 2.84. The van der Waals surface area contributed by atoms with Gasteiger partial charge in [-0.05, 0) is 43.0 Å². The summed E-state index contributed by atoms with van der Waals surface area (Å²) in [5.74, 6) is 0. The molecule has 92 valence electrons. The minimum absolute atomic E-state index is 0.233. The topological polar surface area (TPSA) is 34.2 Å². The molecule has 0 bridgehead atoms. The van der Waals surface area contributed by atoms with Crippen LogP contribution in [0, 0.1) is 5.41 Å². The van der Waals surface area contributed by atoms with Crippen molar-refractivity contribution in [1.29, 1.82) is 0 Å². The third-order valence-electron chi connectivity index (χ3n) is 4.77. The van der Waals surface area contributed by atoms with Crippen molar-refractivity contribution in [2.45, 2.75) is 24.7 Å². The van der Waals surface area contributed by atoms with Crippen LogP contribution in [0.2, 0.25) is 0 Å². The molecule has 1 N–H and O–H groups in total. The van der Waals surface area contributed by atoms with E-state index in [9.17, 15) is 0 Å². The Morgan fingerprint density at radius 3 is 2.41 bits per heavy atom. The molecular weight excluding hydrogens is 212 g/mol. The number of hydrogen-bond acceptors (Lipinski definition) is 3. The maximum Gasteiger partial charge on any atom is 0.0591 e. The van der Waals surface area contributed by atoms with E-state index in [4.69, 9.17) is 4.74 Å². The van der Waals surface area contributed by atoms with Crippen molar-refractivity contribution in [3.63, 3.8) is 0 Å². The fourth-order valence-corrected chi connectivity index (χ4v) is 3.52. The first-order valence-corrected chi connectivity index (χ1v) is 6.46. The first kappa shape index (κ1) is 11.2. The molecule has 2 fully saturated rings. The van der Waals surface area contributed by atoms with Gasteiger partial charge >= 0.3 is 0 Å². The molecule has 0 amide bonds. The van der Waals surface area contributed by atoms with Gasteiger partial charge < -0.3 is 10.1 Å². The highest BCUT2D eigenvalue weighted by atomic mass is 16.5. The van der Waals surface area contributed by atoms with E-state index in [1.807, 2.05) is 12.4 Å². The van der Waals surface area contributed by atoms with Crippen LogP contribution in [0.25, 0.3) is 0 Å². The van der Waals surface area contributed by atoms with Crippen LogP contribution in [0.3, 0.4) is 0 Å². The lowest BCUT2D eigenvalue weighted by atomic mass is 9.50. The second-order valence-electron chi connectivity index (χ2n) is 5.48. The molecule has 2 heterocycles. The van der Waals surface area contributed by atoms with Crippen LogP contribution in [0.5, 0.6) is 0 Å². The molecule has 1 saturated heterocycles. The predicted octanol–water partition coefficient (Wildman–Crippen LogP) is 1.74. The smallest absolute Gasteiger partial charge is 0.0591 e. The van der Waals surface area contributed by atoms with Crippen LogP contribution in [-0.4, -0.2) is 31.8 Å². The number of nitrogens with one attached hydrogen (secondary N) is 1. The number of ether oxygens (including phenoxy) is 1. The Hall–Kier alpha value is -0.930. The highest BCUT2D eigenvalue weighted by Gasteiger charge is 2.59. The molecule has 2 aliphatic rings. The van der Waals surface area contributed by atoms with Crippen LogP contribution >= 0.6 is 0 Å². The Kier molecular flexibility index (Phi) is 2.68. The first-order valence-electron chi connectivity index (χ1n) is 6.46. The minimum Gasteiger partial charge on any atom is -0.379 e. The summed E-state index contributed by atoms with van der Waals surface area (Å²) in [5, 5.41) is 3.38. The average Bonchev–Trinajstić information content (AvgIpc) is 2.25. The summed E-state index contributed by atoms with van der Waals surface area (Å²) in [4.78, 5) is 4.13. The van der Waals surface area contributed by atoms with Gasteiger partial charge in [0.05, 0.1) is 13.2 Å². The molecule has 1 saturated carbocycles. The molecule has 1 aromatic heterocycles.